The maximum absolute atomic E-state index is 12.2. The minimum Gasteiger partial charge on any atom is -0.496 e. The van der Waals surface area contributed by atoms with Crippen molar-refractivity contribution in [3.8, 4) is 5.75 Å². The zero-order valence-corrected chi connectivity index (χ0v) is 17.1. The van der Waals surface area contributed by atoms with E-state index in [0.717, 1.165) is 25.9 Å². The molecule has 0 saturated heterocycles. The monoisotopic (exact) mass is 393 g/mol. The number of amides is 1. The number of hydrogen-bond acceptors (Lipinski definition) is 6. The lowest BCUT2D eigenvalue weighted by Gasteiger charge is -2.52. The molecule has 1 aromatic rings. The first-order valence-corrected chi connectivity index (χ1v) is 9.76. The molecule has 8 heteroatoms. The molecule has 0 spiro atoms. The predicted molar refractivity (Wildman–Crippen MR) is 108 cm³/mol. The minimum atomic E-state index is -0.536. The van der Waals surface area contributed by atoms with E-state index in [2.05, 4.69) is 31.4 Å². The van der Waals surface area contributed by atoms with Gasteiger partial charge in [-0.2, -0.15) is 0 Å². The molecule has 8 nitrogen and oxygen atoms in total. The van der Waals surface area contributed by atoms with Crippen LogP contribution in [0.15, 0.2) is 18.2 Å². The first kappa shape index (κ1) is 22.1. The molecule has 1 aliphatic carbocycles. The molecular weight excluding hydrogens is 362 g/mol. The van der Waals surface area contributed by atoms with Crippen molar-refractivity contribution in [1.29, 1.82) is 0 Å². The van der Waals surface area contributed by atoms with Crippen LogP contribution in [0, 0.1) is 15.5 Å². The number of hydrogen-bond donors (Lipinski definition) is 2. The summed E-state index contributed by atoms with van der Waals surface area (Å²) in [5.41, 5.74) is 0.0101. The average molecular weight is 393 g/mol. The number of nitro groups is 1. The van der Waals surface area contributed by atoms with Gasteiger partial charge in [-0.15, -0.1) is 0 Å². The van der Waals surface area contributed by atoms with Crippen LogP contribution in [0.4, 0.5) is 11.4 Å². The van der Waals surface area contributed by atoms with Gasteiger partial charge in [-0.1, -0.05) is 27.2 Å². The molecule has 156 valence electrons. The normalized spacial score (nSPS) is 20.3. The smallest absolute Gasteiger partial charge is 0.296 e. The van der Waals surface area contributed by atoms with E-state index in [0.29, 0.717) is 18.3 Å². The van der Waals surface area contributed by atoms with Gasteiger partial charge in [-0.25, -0.2) is 0 Å². The topological polar surface area (TPSA) is 103 Å². The molecule has 0 unspecified atom stereocenters. The molecule has 2 rings (SSSR count). The van der Waals surface area contributed by atoms with E-state index < -0.39 is 4.92 Å². The van der Waals surface area contributed by atoms with Crippen LogP contribution in [0.25, 0.3) is 0 Å². The van der Waals surface area contributed by atoms with E-state index >= 15 is 0 Å². The lowest BCUT2D eigenvalue weighted by atomic mass is 9.64. The van der Waals surface area contributed by atoms with Crippen LogP contribution in [0.1, 0.15) is 46.5 Å². The molecule has 1 amide bonds. The molecular formula is C20H31N3O5. The summed E-state index contributed by atoms with van der Waals surface area (Å²) in [5, 5.41) is 17.2. The van der Waals surface area contributed by atoms with Crippen LogP contribution >= 0.6 is 0 Å². The van der Waals surface area contributed by atoms with Crippen molar-refractivity contribution in [2.24, 2.45) is 5.41 Å². The Labute approximate surface area is 166 Å². The third-order valence-electron chi connectivity index (χ3n) is 5.41. The summed E-state index contributed by atoms with van der Waals surface area (Å²) in [4.78, 5) is 22.9. The fraction of sp³-hybridized carbons (Fsp3) is 0.650. The number of carbonyl (C=O) groups excluding carboxylic acids is 1. The summed E-state index contributed by atoms with van der Waals surface area (Å²) in [6.07, 6.45) is 3.60. The van der Waals surface area contributed by atoms with Crippen molar-refractivity contribution in [1.82, 2.24) is 5.32 Å². The highest BCUT2D eigenvalue weighted by Gasteiger charge is 2.48. The largest absolute Gasteiger partial charge is 0.496 e. The average Bonchev–Trinajstić information content (AvgIpc) is 2.66. The third kappa shape index (κ3) is 5.42. The number of nitro benzene ring substituents is 1. The van der Waals surface area contributed by atoms with Crippen LogP contribution in [0.2, 0.25) is 0 Å². The predicted octanol–water partition coefficient (Wildman–Crippen LogP) is 3.51. The number of carbonyl (C=O) groups is 1. The van der Waals surface area contributed by atoms with Crippen LogP contribution in [0.3, 0.4) is 0 Å². The number of rotatable bonds is 11. The Balaban J connectivity index is 1.79. The Morgan fingerprint density at radius 3 is 2.75 bits per heavy atom. The number of nitrogens with one attached hydrogen (secondary N) is 2. The molecule has 1 aromatic carbocycles. The van der Waals surface area contributed by atoms with Gasteiger partial charge in [0.15, 0.2) is 0 Å². The van der Waals surface area contributed by atoms with E-state index in [4.69, 9.17) is 9.47 Å². The number of benzene rings is 1. The highest BCUT2D eigenvalue weighted by Crippen LogP contribution is 2.42. The molecule has 1 saturated carbocycles. The number of ether oxygens (including phenoxy) is 2. The SMILES string of the molecule is CCCCO[C@H]1C[C@H](NCCC(=O)Nc2ccc(OC)cc2[N+](=O)[O-])C1(C)C. The summed E-state index contributed by atoms with van der Waals surface area (Å²) in [6.45, 7) is 7.79. The van der Waals surface area contributed by atoms with Gasteiger partial charge in [0.05, 0.1) is 24.2 Å². The van der Waals surface area contributed by atoms with Crippen molar-refractivity contribution < 1.29 is 19.2 Å². The van der Waals surface area contributed by atoms with Crippen LogP contribution in [-0.2, 0) is 9.53 Å². The number of anilines is 1. The van der Waals surface area contributed by atoms with Crippen molar-refractivity contribution in [3.63, 3.8) is 0 Å². The van der Waals surface area contributed by atoms with Gasteiger partial charge in [0, 0.05) is 31.0 Å². The lowest BCUT2D eigenvalue weighted by molar-refractivity contribution is -0.384. The van der Waals surface area contributed by atoms with Gasteiger partial charge in [0.2, 0.25) is 5.91 Å². The summed E-state index contributed by atoms with van der Waals surface area (Å²) in [5.74, 6) is 0.0999. The third-order valence-corrected chi connectivity index (χ3v) is 5.41. The van der Waals surface area contributed by atoms with Crippen molar-refractivity contribution in [3.05, 3.63) is 28.3 Å². The second-order valence-electron chi connectivity index (χ2n) is 7.72. The number of unbranched alkanes of at least 4 members (excludes halogenated alkanes) is 1. The molecule has 0 radical (unpaired) electrons. The van der Waals surface area contributed by atoms with Gasteiger partial charge >= 0.3 is 0 Å². The van der Waals surface area contributed by atoms with Crippen LogP contribution in [0.5, 0.6) is 5.75 Å². The number of methoxy groups -OCH3 is 1. The molecule has 0 aromatic heterocycles. The van der Waals surface area contributed by atoms with Crippen molar-refractivity contribution in [2.45, 2.75) is 58.6 Å². The first-order valence-electron chi connectivity index (χ1n) is 9.76. The Kier molecular flexibility index (Phi) is 7.77. The summed E-state index contributed by atoms with van der Waals surface area (Å²) in [6, 6.07) is 4.65. The Hall–Kier alpha value is -2.19. The Morgan fingerprint density at radius 2 is 2.14 bits per heavy atom. The molecule has 1 aliphatic rings. The fourth-order valence-corrected chi connectivity index (χ4v) is 3.35. The summed E-state index contributed by atoms with van der Waals surface area (Å²) >= 11 is 0. The van der Waals surface area contributed by atoms with E-state index in [1.54, 1.807) is 6.07 Å². The lowest BCUT2D eigenvalue weighted by Crippen LogP contribution is -2.61. The first-order chi connectivity index (χ1) is 13.3. The molecule has 2 atom stereocenters. The summed E-state index contributed by atoms with van der Waals surface area (Å²) in [7, 11) is 1.43. The fourth-order valence-electron chi connectivity index (χ4n) is 3.35. The second kappa shape index (κ2) is 9.84. The Bertz CT molecular complexity index is 692. The van der Waals surface area contributed by atoms with E-state index in [9.17, 15) is 14.9 Å². The van der Waals surface area contributed by atoms with Gasteiger partial charge < -0.3 is 20.1 Å². The summed E-state index contributed by atoms with van der Waals surface area (Å²) < 4.78 is 10.9. The zero-order valence-electron chi connectivity index (χ0n) is 17.1. The standard InChI is InChI=1S/C20H31N3O5/c1-5-6-11-28-18-13-17(20(18,2)3)21-10-9-19(24)22-15-8-7-14(27-4)12-16(15)23(25)26/h7-8,12,17-18,21H,5-6,9-11,13H2,1-4H3,(H,22,24)/t17-,18-/m0/s1. The molecule has 0 aliphatic heterocycles. The minimum absolute atomic E-state index is 0.0268. The number of nitrogens with zero attached hydrogens (tertiary/aromatic N) is 1. The zero-order chi connectivity index (χ0) is 20.7. The molecule has 0 heterocycles. The van der Waals surface area contributed by atoms with Crippen LogP contribution in [-0.4, -0.2) is 43.2 Å². The highest BCUT2D eigenvalue weighted by atomic mass is 16.6. The highest BCUT2D eigenvalue weighted by molar-refractivity contribution is 5.93. The van der Waals surface area contributed by atoms with Gasteiger partial charge in [0.25, 0.3) is 5.69 Å². The molecule has 0 bridgehead atoms. The molecule has 2 N–H and O–H groups in total. The van der Waals surface area contributed by atoms with Crippen LogP contribution < -0.4 is 15.4 Å². The maximum Gasteiger partial charge on any atom is 0.296 e. The second-order valence-corrected chi connectivity index (χ2v) is 7.72. The quantitative estimate of drug-likeness (QED) is 0.339. The Morgan fingerprint density at radius 1 is 1.39 bits per heavy atom. The van der Waals surface area contributed by atoms with Crippen molar-refractivity contribution >= 4 is 17.3 Å². The van der Waals surface area contributed by atoms with E-state index in [1.165, 1.54) is 19.2 Å². The molecule has 28 heavy (non-hydrogen) atoms. The van der Waals surface area contributed by atoms with E-state index in [-0.39, 0.29) is 35.2 Å². The van der Waals surface area contributed by atoms with Gasteiger partial charge in [-0.05, 0) is 25.0 Å². The van der Waals surface area contributed by atoms with Gasteiger partial charge in [0.1, 0.15) is 11.4 Å². The van der Waals surface area contributed by atoms with Crippen molar-refractivity contribution in [2.75, 3.05) is 25.6 Å². The van der Waals surface area contributed by atoms with Gasteiger partial charge in [-0.3, -0.25) is 14.9 Å². The maximum atomic E-state index is 12.2. The molecule has 1 fully saturated rings. The van der Waals surface area contributed by atoms with E-state index in [1.807, 2.05) is 0 Å².